The minimum atomic E-state index is 0.332. The second-order valence-corrected chi connectivity index (χ2v) is 9.07. The quantitative estimate of drug-likeness (QED) is 0.627. The van der Waals surface area contributed by atoms with E-state index in [-0.39, 0.29) is 0 Å². The number of benzene rings is 1. The third-order valence-electron chi connectivity index (χ3n) is 7.00. The number of anilines is 1. The number of aromatic nitrogens is 4. The third-order valence-corrected chi connectivity index (χ3v) is 7.00. The lowest BCUT2D eigenvalue weighted by Crippen LogP contribution is -2.18. The van der Waals surface area contributed by atoms with E-state index < -0.39 is 0 Å². The van der Waals surface area contributed by atoms with Crippen LogP contribution >= 0.6 is 0 Å². The normalized spacial score (nSPS) is 25.2. The number of hydrogen-bond acceptors (Lipinski definition) is 7. The molecule has 8 nitrogen and oxygen atoms in total. The predicted molar refractivity (Wildman–Crippen MR) is 117 cm³/mol. The zero-order valence-electron chi connectivity index (χ0n) is 17.6. The Morgan fingerprint density at radius 2 is 1.71 bits per heavy atom. The van der Waals surface area contributed by atoms with Gasteiger partial charge in [-0.25, -0.2) is 4.68 Å². The number of nitrogens with zero attached hydrogens (tertiary/aromatic N) is 5. The van der Waals surface area contributed by atoms with Crippen molar-refractivity contribution in [2.45, 2.75) is 25.9 Å². The van der Waals surface area contributed by atoms with Crippen molar-refractivity contribution in [2.24, 2.45) is 17.8 Å². The Labute approximate surface area is 181 Å². The van der Waals surface area contributed by atoms with Gasteiger partial charge in [0.2, 0.25) is 0 Å². The average Bonchev–Trinajstić information content (AvgIpc) is 3.26. The zero-order chi connectivity index (χ0) is 20.8. The minimum absolute atomic E-state index is 0.332. The number of hydrogen-bond donors (Lipinski definition) is 1. The highest BCUT2D eigenvalue weighted by Gasteiger charge is 2.54. The molecule has 0 spiro atoms. The van der Waals surface area contributed by atoms with E-state index >= 15 is 0 Å². The van der Waals surface area contributed by atoms with E-state index in [1.165, 1.54) is 37.1 Å². The molecule has 0 radical (unpaired) electrons. The summed E-state index contributed by atoms with van der Waals surface area (Å²) in [4.78, 5) is 11.5. The molecular weight excluding hydrogens is 392 g/mol. The van der Waals surface area contributed by atoms with Gasteiger partial charge < -0.3 is 15.2 Å². The molecule has 2 N–H and O–H groups in total. The van der Waals surface area contributed by atoms with Gasteiger partial charge in [0.15, 0.2) is 5.65 Å². The van der Waals surface area contributed by atoms with Crippen LogP contribution in [0.1, 0.15) is 24.0 Å². The number of ether oxygens (including phenoxy) is 2. The number of likely N-dealkylation sites (tertiary alicyclic amines) is 1. The first-order valence-electron chi connectivity index (χ1n) is 11.2. The Hall–Kier alpha value is -2.71. The molecule has 1 aliphatic carbocycles. The Bertz CT molecular complexity index is 1070. The lowest BCUT2D eigenvalue weighted by molar-refractivity contribution is 0.135. The third kappa shape index (κ3) is 3.74. The van der Waals surface area contributed by atoms with Gasteiger partial charge in [-0.1, -0.05) is 24.3 Å². The summed E-state index contributed by atoms with van der Waals surface area (Å²) < 4.78 is 13.2. The molecule has 1 aromatic carbocycles. The summed E-state index contributed by atoms with van der Waals surface area (Å²) >= 11 is 0. The van der Waals surface area contributed by atoms with E-state index in [4.69, 9.17) is 15.2 Å². The molecule has 1 saturated carbocycles. The van der Waals surface area contributed by atoms with Crippen LogP contribution in [0.5, 0.6) is 6.01 Å². The summed E-state index contributed by atoms with van der Waals surface area (Å²) in [5.74, 6) is 2.24. The monoisotopic (exact) mass is 420 g/mol. The molecule has 3 fully saturated rings. The van der Waals surface area contributed by atoms with Crippen molar-refractivity contribution in [1.82, 2.24) is 24.6 Å². The summed E-state index contributed by atoms with van der Waals surface area (Å²) in [6, 6.07) is 9.11. The first kappa shape index (κ1) is 19.0. The highest BCUT2D eigenvalue weighted by atomic mass is 16.5. The zero-order valence-corrected chi connectivity index (χ0v) is 17.6. The molecule has 0 bridgehead atoms. The van der Waals surface area contributed by atoms with E-state index in [1.54, 1.807) is 6.20 Å². The molecule has 2 aromatic heterocycles. The number of rotatable bonds is 7. The van der Waals surface area contributed by atoms with E-state index in [9.17, 15) is 0 Å². The van der Waals surface area contributed by atoms with Gasteiger partial charge in [0.25, 0.3) is 0 Å². The standard InChI is InChI=1S/C23H28N6O2/c24-21-17-9-25-29(11-16-5-3-15(4-6-16)10-28-7-1-2-8-28)22(17)27-23(26-21)31-14-20-18-12-30-13-19(18)20/h3-6,9,18-20H,1-2,7-8,10-14H2,(H2,24,26,27). The number of nitrogen functional groups attached to an aromatic ring is 1. The maximum atomic E-state index is 6.17. The molecule has 3 aromatic rings. The van der Waals surface area contributed by atoms with Crippen molar-refractivity contribution in [3.05, 3.63) is 41.6 Å². The van der Waals surface area contributed by atoms with E-state index in [1.807, 2.05) is 4.68 Å². The van der Waals surface area contributed by atoms with Crippen LogP contribution in [0.25, 0.3) is 11.0 Å². The van der Waals surface area contributed by atoms with Gasteiger partial charge in [0.1, 0.15) is 5.82 Å². The molecule has 8 heteroatoms. The summed E-state index contributed by atoms with van der Waals surface area (Å²) in [7, 11) is 0. The van der Waals surface area contributed by atoms with E-state index in [0.717, 1.165) is 25.1 Å². The molecule has 6 rings (SSSR count). The minimum Gasteiger partial charge on any atom is -0.463 e. The lowest BCUT2D eigenvalue weighted by atomic mass is 10.1. The molecule has 31 heavy (non-hydrogen) atoms. The molecule has 2 saturated heterocycles. The van der Waals surface area contributed by atoms with Gasteiger partial charge >= 0.3 is 6.01 Å². The highest BCUT2D eigenvalue weighted by molar-refractivity contribution is 5.85. The molecule has 2 aliphatic heterocycles. The van der Waals surface area contributed by atoms with Gasteiger partial charge in [0, 0.05) is 12.5 Å². The fourth-order valence-electron chi connectivity index (χ4n) is 5.04. The Morgan fingerprint density at radius 3 is 2.45 bits per heavy atom. The van der Waals surface area contributed by atoms with Crippen molar-refractivity contribution in [2.75, 3.05) is 38.6 Å². The van der Waals surface area contributed by atoms with Gasteiger partial charge in [0.05, 0.1) is 37.9 Å². The molecule has 3 aliphatic rings. The number of fused-ring (bicyclic) bond motifs is 2. The van der Waals surface area contributed by atoms with Crippen LogP contribution in [-0.2, 0) is 17.8 Å². The average molecular weight is 421 g/mol. The van der Waals surface area contributed by atoms with Crippen molar-refractivity contribution in [3.8, 4) is 6.01 Å². The maximum Gasteiger partial charge on any atom is 0.320 e. The van der Waals surface area contributed by atoms with Gasteiger partial charge in [-0.15, -0.1) is 0 Å². The van der Waals surface area contributed by atoms with Crippen molar-refractivity contribution in [3.63, 3.8) is 0 Å². The van der Waals surface area contributed by atoms with Crippen LogP contribution in [0, 0.1) is 17.8 Å². The van der Waals surface area contributed by atoms with Crippen LogP contribution in [0.4, 0.5) is 5.82 Å². The lowest BCUT2D eigenvalue weighted by Gasteiger charge is -2.14. The number of nitrogens with two attached hydrogens (primary N) is 1. The summed E-state index contributed by atoms with van der Waals surface area (Å²) in [6.45, 7) is 6.41. The van der Waals surface area contributed by atoms with Crippen LogP contribution in [0.2, 0.25) is 0 Å². The van der Waals surface area contributed by atoms with Crippen LogP contribution in [-0.4, -0.2) is 57.6 Å². The van der Waals surface area contributed by atoms with Gasteiger partial charge in [-0.3, -0.25) is 4.90 Å². The highest BCUT2D eigenvalue weighted by Crippen LogP contribution is 2.50. The second-order valence-electron chi connectivity index (χ2n) is 9.07. The van der Waals surface area contributed by atoms with E-state index in [0.29, 0.717) is 48.4 Å². The predicted octanol–water partition coefficient (Wildman–Crippen LogP) is 2.32. The Balaban J connectivity index is 1.15. The van der Waals surface area contributed by atoms with Gasteiger partial charge in [-0.2, -0.15) is 15.1 Å². The summed E-state index contributed by atoms with van der Waals surface area (Å²) in [5.41, 5.74) is 9.41. The molecule has 4 heterocycles. The Kier molecular flexibility index (Phi) is 4.76. The summed E-state index contributed by atoms with van der Waals surface area (Å²) in [5, 5.41) is 5.27. The van der Waals surface area contributed by atoms with Gasteiger partial charge in [-0.05, 0) is 48.9 Å². The smallest absolute Gasteiger partial charge is 0.320 e. The first-order valence-corrected chi connectivity index (χ1v) is 11.2. The largest absolute Gasteiger partial charge is 0.463 e. The fourth-order valence-corrected chi connectivity index (χ4v) is 5.04. The fraction of sp³-hybridized carbons (Fsp3) is 0.522. The molecule has 2 unspecified atom stereocenters. The van der Waals surface area contributed by atoms with Crippen LogP contribution < -0.4 is 10.5 Å². The molecule has 2 atom stereocenters. The SMILES string of the molecule is Nc1nc(OCC2C3COCC32)nc2c1cnn2Cc1ccc(CN2CCCC2)cc1. The molecular formula is C23H28N6O2. The van der Waals surface area contributed by atoms with Crippen molar-refractivity contribution < 1.29 is 9.47 Å². The van der Waals surface area contributed by atoms with Crippen molar-refractivity contribution >= 4 is 16.9 Å². The maximum absolute atomic E-state index is 6.17. The Morgan fingerprint density at radius 1 is 1.00 bits per heavy atom. The molecule has 162 valence electrons. The van der Waals surface area contributed by atoms with Crippen LogP contribution in [0.15, 0.2) is 30.5 Å². The summed E-state index contributed by atoms with van der Waals surface area (Å²) in [6.07, 6.45) is 4.37. The van der Waals surface area contributed by atoms with Crippen molar-refractivity contribution in [1.29, 1.82) is 0 Å². The molecule has 0 amide bonds. The first-order chi connectivity index (χ1) is 15.2. The topological polar surface area (TPSA) is 91.3 Å². The van der Waals surface area contributed by atoms with Crippen LogP contribution in [0.3, 0.4) is 0 Å². The second kappa shape index (κ2) is 7.76. The van der Waals surface area contributed by atoms with E-state index in [2.05, 4.69) is 44.2 Å².